The first-order valence-corrected chi connectivity index (χ1v) is 11.3. The van der Waals surface area contributed by atoms with E-state index in [-0.39, 0.29) is 18.1 Å². The van der Waals surface area contributed by atoms with Crippen LogP contribution in [-0.2, 0) is 0 Å². The first-order valence-electron chi connectivity index (χ1n) is 11.3. The van der Waals surface area contributed by atoms with Crippen LogP contribution in [0.1, 0.15) is 71.6 Å². The summed E-state index contributed by atoms with van der Waals surface area (Å²) in [7, 11) is 4.28. The lowest BCUT2D eigenvalue weighted by Gasteiger charge is -2.20. The highest BCUT2D eigenvalue weighted by Gasteiger charge is 2.43. The number of aliphatic hydroxyl groups excluding tert-OH is 2. The highest BCUT2D eigenvalue weighted by Crippen LogP contribution is 2.48. The summed E-state index contributed by atoms with van der Waals surface area (Å²) in [6.45, 7) is 5.50. The van der Waals surface area contributed by atoms with E-state index in [0.717, 1.165) is 19.3 Å². The standard InChI is InChI=1S/C24H43NO2/c1-5-6-10-18(2)23(26)13-12-21-22-16-19(15-20(22)17-24(21)27)11-8-7-9-14-25(3)4/h12-13,15,18,20-24,26-27H,5-11,14,16-17H2,1-4H3/b13-12+/t18-,20+,21-,22+,23-,24-/m1/s1. The lowest BCUT2D eigenvalue weighted by atomic mass is 9.87. The molecular weight excluding hydrogens is 334 g/mol. The van der Waals surface area contributed by atoms with E-state index in [1.807, 2.05) is 6.08 Å². The van der Waals surface area contributed by atoms with Crippen molar-refractivity contribution in [2.24, 2.45) is 23.7 Å². The molecule has 0 bridgehead atoms. The predicted octanol–water partition coefficient (Wildman–Crippen LogP) is 4.80. The number of allylic oxidation sites excluding steroid dienone is 2. The van der Waals surface area contributed by atoms with E-state index in [1.54, 1.807) is 5.57 Å². The van der Waals surface area contributed by atoms with Crippen LogP contribution in [0.25, 0.3) is 0 Å². The van der Waals surface area contributed by atoms with Crippen molar-refractivity contribution in [3.05, 3.63) is 23.8 Å². The minimum Gasteiger partial charge on any atom is -0.392 e. The third kappa shape index (κ3) is 7.03. The fourth-order valence-corrected chi connectivity index (χ4v) is 4.88. The third-order valence-electron chi connectivity index (χ3n) is 6.68. The average Bonchev–Trinajstić information content (AvgIpc) is 3.13. The zero-order chi connectivity index (χ0) is 19.8. The highest BCUT2D eigenvalue weighted by molar-refractivity contribution is 5.21. The zero-order valence-corrected chi connectivity index (χ0v) is 18.1. The Morgan fingerprint density at radius 3 is 2.70 bits per heavy atom. The van der Waals surface area contributed by atoms with Gasteiger partial charge in [-0.15, -0.1) is 0 Å². The Morgan fingerprint density at radius 1 is 1.22 bits per heavy atom. The molecule has 2 rings (SSSR count). The Labute approximate surface area is 167 Å². The summed E-state index contributed by atoms with van der Waals surface area (Å²) in [5.74, 6) is 1.60. The van der Waals surface area contributed by atoms with Crippen LogP contribution < -0.4 is 0 Å². The highest BCUT2D eigenvalue weighted by atomic mass is 16.3. The molecule has 0 spiro atoms. The molecule has 0 unspecified atom stereocenters. The van der Waals surface area contributed by atoms with Crippen LogP contribution in [0.3, 0.4) is 0 Å². The molecule has 2 aliphatic carbocycles. The smallest absolute Gasteiger partial charge is 0.0746 e. The van der Waals surface area contributed by atoms with Gasteiger partial charge in [0.25, 0.3) is 0 Å². The Kier molecular flexibility index (Phi) is 9.55. The Morgan fingerprint density at radius 2 is 2.00 bits per heavy atom. The number of hydrogen-bond acceptors (Lipinski definition) is 3. The van der Waals surface area contributed by atoms with Gasteiger partial charge in [0.1, 0.15) is 0 Å². The molecule has 3 heteroatoms. The molecule has 0 aliphatic heterocycles. The van der Waals surface area contributed by atoms with Gasteiger partial charge in [-0.2, -0.15) is 0 Å². The summed E-state index contributed by atoms with van der Waals surface area (Å²) < 4.78 is 0. The Balaban J connectivity index is 1.78. The fourth-order valence-electron chi connectivity index (χ4n) is 4.88. The van der Waals surface area contributed by atoms with Crippen molar-refractivity contribution in [3.8, 4) is 0 Å². The Hall–Kier alpha value is -0.640. The minimum absolute atomic E-state index is 0.213. The summed E-state index contributed by atoms with van der Waals surface area (Å²) in [5, 5.41) is 20.9. The summed E-state index contributed by atoms with van der Waals surface area (Å²) in [6, 6.07) is 0. The van der Waals surface area contributed by atoms with E-state index in [2.05, 4.69) is 45.0 Å². The summed E-state index contributed by atoms with van der Waals surface area (Å²) in [5.41, 5.74) is 1.61. The second-order valence-corrected chi connectivity index (χ2v) is 9.35. The molecule has 0 radical (unpaired) electrons. The van der Waals surface area contributed by atoms with E-state index in [4.69, 9.17) is 0 Å². The summed E-state index contributed by atoms with van der Waals surface area (Å²) in [6.07, 6.45) is 16.5. The van der Waals surface area contributed by atoms with Gasteiger partial charge in [0.15, 0.2) is 0 Å². The maximum Gasteiger partial charge on any atom is 0.0746 e. The van der Waals surface area contributed by atoms with Gasteiger partial charge in [-0.3, -0.25) is 0 Å². The molecule has 3 nitrogen and oxygen atoms in total. The van der Waals surface area contributed by atoms with Gasteiger partial charge in [-0.05, 0) is 76.9 Å². The van der Waals surface area contributed by atoms with Gasteiger partial charge in [0.05, 0.1) is 12.2 Å². The zero-order valence-electron chi connectivity index (χ0n) is 18.1. The topological polar surface area (TPSA) is 43.7 Å². The minimum atomic E-state index is -0.381. The molecule has 6 atom stereocenters. The second-order valence-electron chi connectivity index (χ2n) is 9.35. The van der Waals surface area contributed by atoms with Crippen molar-refractivity contribution >= 4 is 0 Å². The van der Waals surface area contributed by atoms with E-state index in [1.165, 1.54) is 45.1 Å². The predicted molar refractivity (Wildman–Crippen MR) is 115 cm³/mol. The van der Waals surface area contributed by atoms with Crippen LogP contribution in [0.15, 0.2) is 23.8 Å². The third-order valence-corrected chi connectivity index (χ3v) is 6.68. The van der Waals surface area contributed by atoms with Gasteiger partial charge in [0, 0.05) is 5.92 Å². The molecule has 156 valence electrons. The quantitative estimate of drug-likeness (QED) is 0.379. The molecule has 2 N–H and O–H groups in total. The van der Waals surface area contributed by atoms with Gasteiger partial charge >= 0.3 is 0 Å². The maximum absolute atomic E-state index is 10.5. The number of unbranched alkanes of at least 4 members (excludes halogenated alkanes) is 3. The summed E-state index contributed by atoms with van der Waals surface area (Å²) in [4.78, 5) is 2.26. The largest absolute Gasteiger partial charge is 0.392 e. The van der Waals surface area contributed by atoms with Crippen molar-refractivity contribution in [1.82, 2.24) is 4.90 Å². The molecule has 0 aromatic heterocycles. The van der Waals surface area contributed by atoms with E-state index in [0.29, 0.717) is 17.8 Å². The molecule has 0 aromatic carbocycles. The van der Waals surface area contributed by atoms with Crippen molar-refractivity contribution in [1.29, 1.82) is 0 Å². The molecule has 27 heavy (non-hydrogen) atoms. The van der Waals surface area contributed by atoms with Crippen molar-refractivity contribution < 1.29 is 10.2 Å². The van der Waals surface area contributed by atoms with Gasteiger partial charge in [0.2, 0.25) is 0 Å². The van der Waals surface area contributed by atoms with Crippen molar-refractivity contribution in [2.75, 3.05) is 20.6 Å². The molecule has 0 aromatic rings. The molecule has 1 saturated carbocycles. The van der Waals surface area contributed by atoms with Crippen LogP contribution in [0, 0.1) is 23.7 Å². The van der Waals surface area contributed by atoms with Crippen LogP contribution in [0.4, 0.5) is 0 Å². The number of hydrogen-bond donors (Lipinski definition) is 2. The molecule has 2 aliphatic rings. The first kappa shape index (κ1) is 22.6. The number of aliphatic hydroxyl groups is 2. The van der Waals surface area contributed by atoms with Crippen molar-refractivity contribution in [2.45, 2.75) is 83.8 Å². The number of fused-ring (bicyclic) bond motifs is 1. The van der Waals surface area contributed by atoms with E-state index in [9.17, 15) is 10.2 Å². The average molecular weight is 378 g/mol. The van der Waals surface area contributed by atoms with Crippen LogP contribution in [0.5, 0.6) is 0 Å². The molecule has 1 fully saturated rings. The Bertz CT molecular complexity index is 485. The number of nitrogens with zero attached hydrogens (tertiary/aromatic N) is 1. The first-order chi connectivity index (χ1) is 12.9. The lowest BCUT2D eigenvalue weighted by molar-refractivity contribution is 0.135. The van der Waals surface area contributed by atoms with Crippen LogP contribution in [0.2, 0.25) is 0 Å². The lowest BCUT2D eigenvalue weighted by Crippen LogP contribution is -2.20. The summed E-state index contributed by atoms with van der Waals surface area (Å²) >= 11 is 0. The monoisotopic (exact) mass is 377 g/mol. The van der Waals surface area contributed by atoms with E-state index < -0.39 is 0 Å². The normalized spacial score (nSPS) is 30.1. The van der Waals surface area contributed by atoms with Gasteiger partial charge < -0.3 is 15.1 Å². The van der Waals surface area contributed by atoms with Crippen molar-refractivity contribution in [3.63, 3.8) is 0 Å². The second kappa shape index (κ2) is 11.4. The van der Waals surface area contributed by atoms with Crippen LogP contribution in [-0.4, -0.2) is 48.0 Å². The molecule has 0 heterocycles. The molecular formula is C24H43NO2. The van der Waals surface area contributed by atoms with Gasteiger partial charge in [-0.1, -0.05) is 56.9 Å². The maximum atomic E-state index is 10.5. The van der Waals surface area contributed by atoms with Crippen LogP contribution >= 0.6 is 0 Å². The SMILES string of the molecule is CCCC[C@@H](C)[C@H](O)/C=C/[C@@H]1[C@H]2CC(CCCCCN(C)C)=C[C@H]2C[C@H]1O. The van der Waals surface area contributed by atoms with Gasteiger partial charge in [-0.25, -0.2) is 0 Å². The van der Waals surface area contributed by atoms with E-state index >= 15 is 0 Å². The number of rotatable bonds is 12. The molecule has 0 amide bonds. The fraction of sp³-hybridized carbons (Fsp3) is 0.833. The molecule has 0 saturated heterocycles.